The monoisotopic (exact) mass is 358 g/mol. The highest BCUT2D eigenvalue weighted by atomic mass is 32.2. The van der Waals surface area contributed by atoms with Crippen molar-refractivity contribution in [3.63, 3.8) is 0 Å². The number of aryl methyl sites for hydroxylation is 1. The molecule has 1 amide bonds. The highest BCUT2D eigenvalue weighted by molar-refractivity contribution is 8.00. The van der Waals surface area contributed by atoms with Gasteiger partial charge in [-0.25, -0.2) is 4.98 Å². The highest BCUT2D eigenvalue weighted by Crippen LogP contribution is 2.26. The molecular weight excluding hydrogens is 332 g/mol. The second-order valence-electron chi connectivity index (χ2n) is 6.97. The van der Waals surface area contributed by atoms with Crippen molar-refractivity contribution < 1.29 is 4.79 Å². The molecule has 25 heavy (non-hydrogen) atoms. The molecule has 1 aliphatic carbocycles. The molecule has 0 unspecified atom stereocenters. The maximum atomic E-state index is 12.5. The molecule has 2 aromatic rings. The molecule has 5 nitrogen and oxygen atoms in total. The summed E-state index contributed by atoms with van der Waals surface area (Å²) in [6.45, 7) is 6.19. The van der Waals surface area contributed by atoms with Gasteiger partial charge in [-0.1, -0.05) is 61.4 Å². The van der Waals surface area contributed by atoms with Crippen LogP contribution in [0.25, 0.3) is 11.4 Å². The summed E-state index contributed by atoms with van der Waals surface area (Å²) in [6.07, 6.45) is 4.77. The van der Waals surface area contributed by atoms with E-state index in [1.54, 1.807) is 0 Å². The molecule has 1 saturated carbocycles. The quantitative estimate of drug-likeness (QED) is 0.794. The van der Waals surface area contributed by atoms with Gasteiger partial charge in [-0.05, 0) is 32.6 Å². The molecule has 1 aliphatic rings. The molecule has 3 rings (SSSR count). The Morgan fingerprint density at radius 3 is 2.72 bits per heavy atom. The minimum absolute atomic E-state index is 0.0745. The molecule has 6 heteroatoms. The lowest BCUT2D eigenvalue weighted by Crippen LogP contribution is -2.44. The minimum atomic E-state index is -0.212. The first-order valence-electron chi connectivity index (χ1n) is 8.99. The minimum Gasteiger partial charge on any atom is -0.352 e. The van der Waals surface area contributed by atoms with E-state index in [1.165, 1.54) is 36.6 Å². The Bertz CT molecular complexity index is 712. The van der Waals surface area contributed by atoms with Crippen LogP contribution in [-0.2, 0) is 4.79 Å². The van der Waals surface area contributed by atoms with Crippen molar-refractivity contribution in [2.45, 2.75) is 62.9 Å². The maximum absolute atomic E-state index is 12.5. The van der Waals surface area contributed by atoms with Crippen LogP contribution in [0.5, 0.6) is 0 Å². The van der Waals surface area contributed by atoms with E-state index in [2.05, 4.69) is 34.3 Å². The number of aromatic amines is 1. The Morgan fingerprint density at radius 1 is 1.28 bits per heavy atom. The molecule has 0 saturated heterocycles. The summed E-state index contributed by atoms with van der Waals surface area (Å²) in [5.74, 6) is 1.37. The van der Waals surface area contributed by atoms with E-state index >= 15 is 0 Å². The number of benzene rings is 1. The predicted octanol–water partition coefficient (Wildman–Crippen LogP) is 3.96. The van der Waals surface area contributed by atoms with E-state index in [4.69, 9.17) is 0 Å². The smallest absolute Gasteiger partial charge is 0.233 e. The van der Waals surface area contributed by atoms with Crippen molar-refractivity contribution in [3.8, 4) is 11.4 Å². The van der Waals surface area contributed by atoms with Crippen LogP contribution in [0.3, 0.4) is 0 Å². The van der Waals surface area contributed by atoms with Gasteiger partial charge in [0.1, 0.15) is 0 Å². The first kappa shape index (κ1) is 18.0. The SMILES string of the molecule is Cc1ccc(-c2nc(S[C@H](C)C(=O)N[C@H]3CCCC[C@@H]3C)n[nH]2)cc1. The molecule has 2 N–H and O–H groups in total. The topological polar surface area (TPSA) is 70.7 Å². The molecule has 1 fully saturated rings. The lowest BCUT2D eigenvalue weighted by atomic mass is 9.86. The Labute approximate surface area is 153 Å². The maximum Gasteiger partial charge on any atom is 0.233 e. The number of carbonyl (C=O) groups excluding carboxylic acids is 1. The van der Waals surface area contributed by atoms with Gasteiger partial charge in [0.15, 0.2) is 5.82 Å². The van der Waals surface area contributed by atoms with Crippen LogP contribution < -0.4 is 5.32 Å². The number of aromatic nitrogens is 3. The molecule has 0 spiro atoms. The zero-order valence-corrected chi connectivity index (χ0v) is 15.9. The molecule has 1 heterocycles. The van der Waals surface area contributed by atoms with Gasteiger partial charge in [0, 0.05) is 11.6 Å². The van der Waals surface area contributed by atoms with Gasteiger partial charge in [-0.15, -0.1) is 5.10 Å². The second-order valence-corrected chi connectivity index (χ2v) is 8.28. The highest BCUT2D eigenvalue weighted by Gasteiger charge is 2.25. The van der Waals surface area contributed by atoms with Gasteiger partial charge in [0.2, 0.25) is 11.1 Å². The summed E-state index contributed by atoms with van der Waals surface area (Å²) in [5, 5.41) is 10.8. The van der Waals surface area contributed by atoms with E-state index in [0.717, 1.165) is 17.8 Å². The lowest BCUT2D eigenvalue weighted by molar-refractivity contribution is -0.121. The molecule has 1 aromatic heterocycles. The average molecular weight is 359 g/mol. The first-order chi connectivity index (χ1) is 12.0. The number of nitrogens with zero attached hydrogens (tertiary/aromatic N) is 2. The summed E-state index contributed by atoms with van der Waals surface area (Å²) in [6, 6.07) is 8.44. The molecule has 134 valence electrons. The van der Waals surface area contributed by atoms with Crippen LogP contribution >= 0.6 is 11.8 Å². The number of rotatable bonds is 5. The number of thioether (sulfide) groups is 1. The number of H-pyrrole nitrogens is 1. The number of carbonyl (C=O) groups is 1. The largest absolute Gasteiger partial charge is 0.352 e. The third-order valence-corrected chi connectivity index (χ3v) is 5.84. The summed E-state index contributed by atoms with van der Waals surface area (Å²) in [7, 11) is 0. The Balaban J connectivity index is 1.58. The molecule has 3 atom stereocenters. The number of nitrogens with one attached hydrogen (secondary N) is 2. The van der Waals surface area contributed by atoms with Crippen molar-refractivity contribution in [2.75, 3.05) is 0 Å². The zero-order chi connectivity index (χ0) is 17.8. The van der Waals surface area contributed by atoms with Gasteiger partial charge >= 0.3 is 0 Å². The third-order valence-electron chi connectivity index (χ3n) is 4.88. The molecule has 0 aliphatic heterocycles. The normalized spacial score (nSPS) is 21.7. The van der Waals surface area contributed by atoms with E-state index in [-0.39, 0.29) is 11.2 Å². The van der Waals surface area contributed by atoms with Crippen LogP contribution in [0.1, 0.15) is 45.1 Å². The predicted molar refractivity (Wildman–Crippen MR) is 101 cm³/mol. The van der Waals surface area contributed by atoms with Crippen LogP contribution in [0, 0.1) is 12.8 Å². The summed E-state index contributed by atoms with van der Waals surface area (Å²) in [4.78, 5) is 17.0. The van der Waals surface area contributed by atoms with Gasteiger partial charge < -0.3 is 5.32 Å². The van der Waals surface area contributed by atoms with E-state index < -0.39 is 0 Å². The van der Waals surface area contributed by atoms with Crippen molar-refractivity contribution in [2.24, 2.45) is 5.92 Å². The fourth-order valence-electron chi connectivity index (χ4n) is 3.18. The van der Waals surface area contributed by atoms with Crippen LogP contribution in [0.2, 0.25) is 0 Å². The Kier molecular flexibility index (Phi) is 5.78. The second kappa shape index (κ2) is 8.04. The molecule has 1 aromatic carbocycles. The van der Waals surface area contributed by atoms with E-state index in [9.17, 15) is 4.79 Å². The number of hydrogen-bond donors (Lipinski definition) is 2. The molecule has 0 radical (unpaired) electrons. The van der Waals surface area contributed by atoms with Crippen molar-refractivity contribution in [1.82, 2.24) is 20.5 Å². The lowest BCUT2D eigenvalue weighted by Gasteiger charge is -2.30. The fourth-order valence-corrected chi connectivity index (χ4v) is 3.92. The fraction of sp³-hybridized carbons (Fsp3) is 0.526. The van der Waals surface area contributed by atoms with E-state index in [0.29, 0.717) is 17.1 Å². The van der Waals surface area contributed by atoms with Gasteiger partial charge in [-0.3, -0.25) is 9.89 Å². The summed E-state index contributed by atoms with van der Waals surface area (Å²) in [5.41, 5.74) is 2.21. The first-order valence-corrected chi connectivity index (χ1v) is 9.87. The van der Waals surface area contributed by atoms with Gasteiger partial charge in [0.25, 0.3) is 0 Å². The van der Waals surface area contributed by atoms with Crippen molar-refractivity contribution >= 4 is 17.7 Å². The average Bonchev–Trinajstić information content (AvgIpc) is 3.06. The number of hydrogen-bond acceptors (Lipinski definition) is 4. The molecular formula is C19H26N4OS. The van der Waals surface area contributed by atoms with Gasteiger partial charge in [0.05, 0.1) is 5.25 Å². The zero-order valence-electron chi connectivity index (χ0n) is 15.1. The Hall–Kier alpha value is -1.82. The summed E-state index contributed by atoms with van der Waals surface area (Å²) >= 11 is 1.39. The van der Waals surface area contributed by atoms with Crippen LogP contribution in [0.4, 0.5) is 0 Å². The molecule has 0 bridgehead atoms. The van der Waals surface area contributed by atoms with Crippen LogP contribution in [-0.4, -0.2) is 32.4 Å². The standard InChI is InChI=1S/C19H26N4OS/c1-12-8-10-15(11-9-12)17-21-19(23-22-17)25-14(3)18(24)20-16-7-5-4-6-13(16)2/h8-11,13-14,16H,4-7H2,1-3H3,(H,20,24)(H,21,22,23)/t13-,14+,16-/m0/s1. The number of amides is 1. The van der Waals surface area contributed by atoms with Crippen molar-refractivity contribution in [1.29, 1.82) is 0 Å². The van der Waals surface area contributed by atoms with E-state index in [1.807, 2.05) is 31.2 Å². The summed E-state index contributed by atoms with van der Waals surface area (Å²) < 4.78 is 0. The van der Waals surface area contributed by atoms with Gasteiger partial charge in [-0.2, -0.15) is 0 Å². The Morgan fingerprint density at radius 2 is 2.00 bits per heavy atom. The van der Waals surface area contributed by atoms with Crippen molar-refractivity contribution in [3.05, 3.63) is 29.8 Å². The van der Waals surface area contributed by atoms with Crippen LogP contribution in [0.15, 0.2) is 29.4 Å². The third kappa shape index (κ3) is 4.63.